The summed E-state index contributed by atoms with van der Waals surface area (Å²) in [5.74, 6) is 0.522. The quantitative estimate of drug-likeness (QED) is 0.811. The van der Waals surface area contributed by atoms with Crippen molar-refractivity contribution in [3.8, 4) is 0 Å². The molecule has 3 heterocycles. The van der Waals surface area contributed by atoms with Gasteiger partial charge in [0.05, 0.1) is 12.1 Å². The number of aromatic nitrogens is 2. The predicted molar refractivity (Wildman–Crippen MR) is 98.8 cm³/mol. The Kier molecular flexibility index (Phi) is 6.14. The number of amides is 2. The Morgan fingerprint density at radius 1 is 1.08 bits per heavy atom. The van der Waals surface area contributed by atoms with E-state index in [0.29, 0.717) is 18.7 Å². The average Bonchev–Trinajstić information content (AvgIpc) is 2.67. The molecular weight excluding hydrogens is 330 g/mol. The lowest BCUT2D eigenvalue weighted by Crippen LogP contribution is -2.42. The third kappa shape index (κ3) is 5.02. The van der Waals surface area contributed by atoms with Crippen LogP contribution in [0, 0.1) is 0 Å². The Morgan fingerprint density at radius 3 is 2.81 bits per heavy atom. The van der Waals surface area contributed by atoms with E-state index in [2.05, 4.69) is 20.6 Å². The van der Waals surface area contributed by atoms with Gasteiger partial charge >= 0.3 is 0 Å². The minimum atomic E-state index is -0.177. The first-order valence-electron chi connectivity index (χ1n) is 8.88. The summed E-state index contributed by atoms with van der Waals surface area (Å²) in [5.41, 5.74) is 1.47. The molecule has 0 aliphatic carbocycles. The maximum atomic E-state index is 12.7. The third-order valence-electron chi connectivity index (χ3n) is 4.18. The normalized spacial score (nSPS) is 16.2. The van der Waals surface area contributed by atoms with Crippen molar-refractivity contribution >= 4 is 17.6 Å². The molecule has 0 radical (unpaired) electrons. The number of aryl methyl sites for hydroxylation is 1. The van der Waals surface area contributed by atoms with E-state index in [4.69, 9.17) is 0 Å². The number of carbonyl (C=O) groups is 2. The van der Waals surface area contributed by atoms with Gasteiger partial charge in [-0.25, -0.2) is 4.98 Å². The van der Waals surface area contributed by atoms with Crippen LogP contribution >= 0.6 is 0 Å². The number of carbonyl (C=O) groups excluding carboxylic acids is 2. The second kappa shape index (κ2) is 8.94. The van der Waals surface area contributed by atoms with Gasteiger partial charge in [0.2, 0.25) is 5.91 Å². The van der Waals surface area contributed by atoms with E-state index in [1.165, 1.54) is 6.20 Å². The smallest absolute Gasteiger partial charge is 0.255 e. The fourth-order valence-electron chi connectivity index (χ4n) is 2.85. The first-order chi connectivity index (χ1) is 12.7. The molecule has 136 valence electrons. The molecule has 7 nitrogen and oxygen atoms in total. The molecule has 0 fully saturated rings. The lowest BCUT2D eigenvalue weighted by molar-refractivity contribution is -0.121. The van der Waals surface area contributed by atoms with Gasteiger partial charge in [-0.15, -0.1) is 0 Å². The molecule has 7 heteroatoms. The zero-order chi connectivity index (χ0) is 18.2. The Hall–Kier alpha value is -2.96. The molecule has 2 aromatic heterocycles. The van der Waals surface area contributed by atoms with Crippen LogP contribution < -0.4 is 10.6 Å². The summed E-state index contributed by atoms with van der Waals surface area (Å²) in [6, 6.07) is 9.34. The molecule has 3 rings (SSSR count). The second-order valence-corrected chi connectivity index (χ2v) is 6.22. The summed E-state index contributed by atoms with van der Waals surface area (Å²) in [5, 5.41) is 6.14. The zero-order valence-electron chi connectivity index (χ0n) is 14.6. The van der Waals surface area contributed by atoms with Gasteiger partial charge in [0.25, 0.3) is 5.91 Å². The predicted octanol–water partition coefficient (Wildman–Crippen LogP) is 1.48. The summed E-state index contributed by atoms with van der Waals surface area (Å²) >= 11 is 0. The van der Waals surface area contributed by atoms with E-state index >= 15 is 0 Å². The van der Waals surface area contributed by atoms with Crippen molar-refractivity contribution in [2.75, 3.05) is 31.5 Å². The lowest BCUT2D eigenvalue weighted by Gasteiger charge is -2.22. The third-order valence-corrected chi connectivity index (χ3v) is 4.18. The Labute approximate surface area is 152 Å². The fraction of sp³-hybridized carbons (Fsp3) is 0.368. The first kappa shape index (κ1) is 17.8. The minimum Gasteiger partial charge on any atom is -0.370 e. The van der Waals surface area contributed by atoms with Crippen molar-refractivity contribution < 1.29 is 9.59 Å². The van der Waals surface area contributed by atoms with Gasteiger partial charge < -0.3 is 15.5 Å². The highest BCUT2D eigenvalue weighted by Gasteiger charge is 2.19. The second-order valence-electron chi connectivity index (χ2n) is 6.22. The number of fused-ring (bicyclic) bond motifs is 2. The van der Waals surface area contributed by atoms with Crippen LogP contribution in [-0.4, -0.2) is 52.9 Å². The van der Waals surface area contributed by atoms with E-state index in [1.807, 2.05) is 18.2 Å². The maximum Gasteiger partial charge on any atom is 0.255 e. The van der Waals surface area contributed by atoms with Crippen molar-refractivity contribution in [1.29, 1.82) is 0 Å². The van der Waals surface area contributed by atoms with Gasteiger partial charge in [-0.2, -0.15) is 0 Å². The summed E-state index contributed by atoms with van der Waals surface area (Å²) in [6.45, 7) is 1.82. The monoisotopic (exact) mass is 353 g/mol. The SMILES string of the molecule is O=C1CN(C(=O)c2cccnc2)CCCc2cccc(n2)NCCCN1. The van der Waals surface area contributed by atoms with Gasteiger partial charge in [-0.3, -0.25) is 14.6 Å². The van der Waals surface area contributed by atoms with E-state index in [-0.39, 0.29) is 18.4 Å². The van der Waals surface area contributed by atoms with Crippen LogP contribution in [0.25, 0.3) is 0 Å². The number of hydrogen-bond donors (Lipinski definition) is 2. The Bertz CT molecular complexity index is 751. The molecule has 1 aliphatic rings. The van der Waals surface area contributed by atoms with Crippen LogP contribution in [0.3, 0.4) is 0 Å². The minimum absolute atomic E-state index is 0.0502. The molecule has 2 N–H and O–H groups in total. The lowest BCUT2D eigenvalue weighted by atomic mass is 10.2. The number of hydrogen-bond acceptors (Lipinski definition) is 5. The highest BCUT2D eigenvalue weighted by atomic mass is 16.2. The van der Waals surface area contributed by atoms with Crippen LogP contribution in [0.5, 0.6) is 0 Å². The van der Waals surface area contributed by atoms with Crippen LogP contribution in [0.4, 0.5) is 5.82 Å². The van der Waals surface area contributed by atoms with Crippen molar-refractivity contribution in [2.45, 2.75) is 19.3 Å². The summed E-state index contributed by atoms with van der Waals surface area (Å²) in [7, 11) is 0. The van der Waals surface area contributed by atoms with Crippen LogP contribution in [0.15, 0.2) is 42.7 Å². The molecule has 0 saturated carbocycles. The molecular formula is C19H23N5O2. The molecule has 2 aromatic rings. The van der Waals surface area contributed by atoms with Gasteiger partial charge in [-0.1, -0.05) is 6.07 Å². The molecule has 0 aromatic carbocycles. The summed E-state index contributed by atoms with van der Waals surface area (Å²) in [6.07, 6.45) is 5.42. The summed E-state index contributed by atoms with van der Waals surface area (Å²) < 4.78 is 0. The van der Waals surface area contributed by atoms with Gasteiger partial charge in [0.1, 0.15) is 5.82 Å². The Balaban J connectivity index is 1.74. The summed E-state index contributed by atoms with van der Waals surface area (Å²) in [4.78, 5) is 35.1. The molecule has 1 aliphatic heterocycles. The van der Waals surface area contributed by atoms with Crippen LogP contribution in [-0.2, 0) is 11.2 Å². The molecule has 0 saturated heterocycles. The number of nitrogens with zero attached hydrogens (tertiary/aromatic N) is 3. The molecule has 26 heavy (non-hydrogen) atoms. The molecule has 2 amide bonds. The number of rotatable bonds is 1. The van der Waals surface area contributed by atoms with E-state index in [9.17, 15) is 9.59 Å². The fourth-order valence-corrected chi connectivity index (χ4v) is 2.85. The van der Waals surface area contributed by atoms with Gasteiger partial charge in [0.15, 0.2) is 0 Å². The Morgan fingerprint density at radius 2 is 1.96 bits per heavy atom. The van der Waals surface area contributed by atoms with Crippen molar-refractivity contribution in [3.05, 3.63) is 54.0 Å². The van der Waals surface area contributed by atoms with Crippen molar-refractivity contribution in [1.82, 2.24) is 20.2 Å². The molecule has 0 spiro atoms. The average molecular weight is 353 g/mol. The highest BCUT2D eigenvalue weighted by Crippen LogP contribution is 2.10. The van der Waals surface area contributed by atoms with E-state index in [1.54, 1.807) is 23.2 Å². The van der Waals surface area contributed by atoms with Crippen molar-refractivity contribution in [2.24, 2.45) is 0 Å². The van der Waals surface area contributed by atoms with Gasteiger partial charge in [-0.05, 0) is 43.5 Å². The molecule has 2 bridgehead atoms. The number of nitrogens with one attached hydrogen (secondary N) is 2. The number of anilines is 1. The molecule has 0 unspecified atom stereocenters. The first-order valence-corrected chi connectivity index (χ1v) is 8.88. The van der Waals surface area contributed by atoms with Gasteiger partial charge in [0, 0.05) is 37.7 Å². The van der Waals surface area contributed by atoms with E-state index < -0.39 is 0 Å². The largest absolute Gasteiger partial charge is 0.370 e. The standard InChI is InChI=1S/C19H23N5O2/c25-18-14-24(19(26)15-5-2-9-20-13-15)12-3-7-16-6-1-8-17(23-16)21-10-4-11-22-18/h1-2,5-6,8-9,13H,3-4,7,10-12,14H2,(H,21,23)(H,22,25). The van der Waals surface area contributed by atoms with E-state index in [0.717, 1.165) is 37.3 Å². The highest BCUT2D eigenvalue weighted by molar-refractivity contribution is 5.96. The maximum absolute atomic E-state index is 12.7. The zero-order valence-corrected chi connectivity index (χ0v) is 14.6. The topological polar surface area (TPSA) is 87.2 Å². The number of pyridine rings is 2. The molecule has 0 atom stereocenters. The van der Waals surface area contributed by atoms with Crippen LogP contribution in [0.2, 0.25) is 0 Å². The van der Waals surface area contributed by atoms with Crippen molar-refractivity contribution in [3.63, 3.8) is 0 Å². The van der Waals surface area contributed by atoms with Crippen LogP contribution in [0.1, 0.15) is 28.9 Å².